The van der Waals surface area contributed by atoms with E-state index in [9.17, 15) is 13.2 Å². The topological polar surface area (TPSA) is 92.5 Å². The Hall–Kier alpha value is -1.44. The molecule has 6 nitrogen and oxygen atoms in total. The highest BCUT2D eigenvalue weighted by atomic mass is 32.2. The first-order chi connectivity index (χ1) is 11.2. The van der Waals surface area contributed by atoms with Crippen molar-refractivity contribution in [3.8, 4) is 0 Å². The molecule has 3 N–H and O–H groups in total. The van der Waals surface area contributed by atoms with Crippen molar-refractivity contribution >= 4 is 15.9 Å². The summed E-state index contributed by atoms with van der Waals surface area (Å²) in [6.45, 7) is 6.61. The molecule has 1 aromatic rings. The summed E-state index contributed by atoms with van der Waals surface area (Å²) in [7, 11) is -3.57. The van der Waals surface area contributed by atoms with Gasteiger partial charge in [-0.3, -0.25) is 4.79 Å². The van der Waals surface area contributed by atoms with E-state index in [0.29, 0.717) is 25.9 Å². The minimum absolute atomic E-state index is 0.130. The first-order valence-electron chi connectivity index (χ1n) is 8.24. The minimum Gasteiger partial charge on any atom is -0.350 e. The molecular weight excluding hydrogens is 326 g/mol. The van der Waals surface area contributed by atoms with E-state index in [-0.39, 0.29) is 23.3 Å². The Kier molecular flexibility index (Phi) is 5.67. The van der Waals surface area contributed by atoms with Crippen molar-refractivity contribution < 1.29 is 13.2 Å². The van der Waals surface area contributed by atoms with Gasteiger partial charge in [-0.15, -0.1) is 0 Å². The second-order valence-corrected chi connectivity index (χ2v) is 9.03. The van der Waals surface area contributed by atoms with Gasteiger partial charge in [-0.05, 0) is 45.7 Å². The van der Waals surface area contributed by atoms with Crippen molar-refractivity contribution in [2.75, 3.05) is 19.6 Å². The monoisotopic (exact) mass is 353 g/mol. The van der Waals surface area contributed by atoms with Gasteiger partial charge in [0.1, 0.15) is 0 Å². The number of amides is 1. The molecule has 1 fully saturated rings. The van der Waals surface area contributed by atoms with Gasteiger partial charge in [0.2, 0.25) is 15.9 Å². The van der Waals surface area contributed by atoms with Crippen LogP contribution in [0.2, 0.25) is 0 Å². The number of nitrogens with zero attached hydrogens (tertiary/aromatic N) is 1. The van der Waals surface area contributed by atoms with Gasteiger partial charge >= 0.3 is 0 Å². The molecule has 1 aliphatic rings. The van der Waals surface area contributed by atoms with E-state index in [0.717, 1.165) is 5.56 Å². The molecule has 0 radical (unpaired) electrons. The van der Waals surface area contributed by atoms with Crippen molar-refractivity contribution in [2.45, 2.75) is 44.0 Å². The lowest BCUT2D eigenvalue weighted by Gasteiger charge is -2.33. The fourth-order valence-electron chi connectivity index (χ4n) is 2.72. The lowest BCUT2D eigenvalue weighted by atomic mass is 9.96. The number of carbonyl (C=O) groups is 1. The van der Waals surface area contributed by atoms with Crippen LogP contribution >= 0.6 is 0 Å². The van der Waals surface area contributed by atoms with Crippen LogP contribution in [0.3, 0.4) is 0 Å². The second kappa shape index (κ2) is 7.21. The summed E-state index contributed by atoms with van der Waals surface area (Å²) in [6, 6.07) is 6.80. The Morgan fingerprint density at radius 3 is 2.54 bits per heavy atom. The lowest BCUT2D eigenvalue weighted by Crippen LogP contribution is -2.53. The zero-order valence-corrected chi connectivity index (χ0v) is 15.4. The second-order valence-electron chi connectivity index (χ2n) is 7.09. The van der Waals surface area contributed by atoms with Crippen LogP contribution in [0.1, 0.15) is 32.3 Å². The molecule has 134 valence electrons. The van der Waals surface area contributed by atoms with Gasteiger partial charge in [0, 0.05) is 25.2 Å². The Morgan fingerprint density at radius 1 is 1.33 bits per heavy atom. The minimum atomic E-state index is -3.57. The summed E-state index contributed by atoms with van der Waals surface area (Å²) in [5.74, 6) is -0.473. The number of carbonyl (C=O) groups excluding carboxylic acids is 1. The maximum atomic E-state index is 12.8. The summed E-state index contributed by atoms with van der Waals surface area (Å²) in [5.41, 5.74) is 6.17. The van der Waals surface area contributed by atoms with E-state index in [2.05, 4.69) is 5.32 Å². The quantitative estimate of drug-likeness (QED) is 0.833. The van der Waals surface area contributed by atoms with Crippen LogP contribution in [-0.2, 0) is 14.8 Å². The van der Waals surface area contributed by atoms with E-state index in [1.165, 1.54) is 4.31 Å². The van der Waals surface area contributed by atoms with Gasteiger partial charge in [-0.1, -0.05) is 17.7 Å². The average Bonchev–Trinajstić information content (AvgIpc) is 2.55. The smallest absolute Gasteiger partial charge is 0.243 e. The van der Waals surface area contributed by atoms with Gasteiger partial charge in [-0.25, -0.2) is 8.42 Å². The number of rotatable bonds is 5. The molecule has 1 amide bonds. The Bertz CT molecular complexity index is 684. The zero-order valence-electron chi connectivity index (χ0n) is 14.6. The number of piperidine rings is 1. The Balaban J connectivity index is 2.12. The summed E-state index contributed by atoms with van der Waals surface area (Å²) in [5, 5.41) is 2.91. The fraction of sp³-hybridized carbons (Fsp3) is 0.588. The standard InChI is InChI=1S/C17H27N3O3S/c1-13-6-8-15(9-7-13)24(22,23)20-10-4-5-14(11-20)16(21)19-17(2,3)12-18/h6-9,14H,4-5,10-12,18H2,1-3H3,(H,19,21). The van der Waals surface area contributed by atoms with Gasteiger partial charge in [0.05, 0.1) is 10.8 Å². The summed E-state index contributed by atoms with van der Waals surface area (Å²) in [6.07, 6.45) is 1.36. The largest absolute Gasteiger partial charge is 0.350 e. The molecule has 24 heavy (non-hydrogen) atoms. The van der Waals surface area contributed by atoms with Gasteiger partial charge < -0.3 is 11.1 Å². The number of nitrogens with one attached hydrogen (secondary N) is 1. The number of nitrogens with two attached hydrogens (primary N) is 1. The fourth-order valence-corrected chi connectivity index (χ4v) is 4.24. The number of sulfonamides is 1. The highest BCUT2D eigenvalue weighted by Crippen LogP contribution is 2.24. The van der Waals surface area contributed by atoms with E-state index < -0.39 is 15.6 Å². The van der Waals surface area contributed by atoms with Crippen LogP contribution in [0.5, 0.6) is 0 Å². The first kappa shape index (κ1) is 18.9. The van der Waals surface area contributed by atoms with Crippen LogP contribution in [0, 0.1) is 12.8 Å². The van der Waals surface area contributed by atoms with Crippen LogP contribution in [0.4, 0.5) is 0 Å². The Labute approximate surface area is 144 Å². The van der Waals surface area contributed by atoms with Crippen LogP contribution in [0.15, 0.2) is 29.2 Å². The van der Waals surface area contributed by atoms with E-state index in [1.807, 2.05) is 20.8 Å². The first-order valence-corrected chi connectivity index (χ1v) is 9.69. The predicted octanol–water partition coefficient (Wildman–Crippen LogP) is 1.25. The SMILES string of the molecule is Cc1ccc(S(=O)(=O)N2CCCC(C(=O)NC(C)(C)CN)C2)cc1. The zero-order chi connectivity index (χ0) is 18.0. The molecule has 1 aromatic carbocycles. The summed E-state index contributed by atoms with van der Waals surface area (Å²) >= 11 is 0. The van der Waals surface area contributed by atoms with E-state index in [4.69, 9.17) is 5.73 Å². The average molecular weight is 353 g/mol. The normalized spacial score (nSPS) is 19.9. The third-order valence-corrected chi connectivity index (χ3v) is 6.26. The molecule has 0 spiro atoms. The van der Waals surface area contributed by atoms with Gasteiger partial charge in [-0.2, -0.15) is 4.31 Å². The molecule has 7 heteroatoms. The van der Waals surface area contributed by atoms with Crippen LogP contribution in [0.25, 0.3) is 0 Å². The molecule has 1 unspecified atom stereocenters. The molecule has 1 aliphatic heterocycles. The van der Waals surface area contributed by atoms with Gasteiger partial charge in [0.25, 0.3) is 0 Å². The summed E-state index contributed by atoms with van der Waals surface area (Å²) < 4.78 is 27.0. The highest BCUT2D eigenvalue weighted by molar-refractivity contribution is 7.89. The number of hydrogen-bond donors (Lipinski definition) is 2. The maximum Gasteiger partial charge on any atom is 0.243 e. The van der Waals surface area contributed by atoms with Crippen LogP contribution in [-0.4, -0.2) is 43.8 Å². The number of hydrogen-bond acceptors (Lipinski definition) is 4. The van der Waals surface area contributed by atoms with Gasteiger partial charge in [0.15, 0.2) is 0 Å². The molecule has 0 bridgehead atoms. The summed E-state index contributed by atoms with van der Waals surface area (Å²) in [4.78, 5) is 12.7. The predicted molar refractivity (Wildman–Crippen MR) is 93.9 cm³/mol. The third kappa shape index (κ3) is 4.34. The molecular formula is C17H27N3O3S. The molecule has 0 aliphatic carbocycles. The van der Waals surface area contributed by atoms with E-state index >= 15 is 0 Å². The molecule has 1 heterocycles. The van der Waals surface area contributed by atoms with Crippen molar-refractivity contribution in [3.05, 3.63) is 29.8 Å². The van der Waals surface area contributed by atoms with Crippen molar-refractivity contribution in [3.63, 3.8) is 0 Å². The highest BCUT2D eigenvalue weighted by Gasteiger charge is 2.34. The molecule has 2 rings (SSSR count). The molecule has 1 atom stereocenters. The Morgan fingerprint density at radius 2 is 1.96 bits per heavy atom. The van der Waals surface area contributed by atoms with E-state index in [1.54, 1.807) is 24.3 Å². The van der Waals surface area contributed by atoms with Crippen LogP contribution < -0.4 is 11.1 Å². The maximum absolute atomic E-state index is 12.8. The van der Waals surface area contributed by atoms with Crippen molar-refractivity contribution in [1.82, 2.24) is 9.62 Å². The van der Waals surface area contributed by atoms with Crippen molar-refractivity contribution in [1.29, 1.82) is 0 Å². The third-order valence-electron chi connectivity index (χ3n) is 4.39. The molecule has 0 saturated carbocycles. The molecule has 1 saturated heterocycles. The molecule has 0 aromatic heterocycles. The number of benzene rings is 1. The number of aryl methyl sites for hydroxylation is 1. The van der Waals surface area contributed by atoms with Crippen molar-refractivity contribution in [2.24, 2.45) is 11.7 Å². The lowest BCUT2D eigenvalue weighted by molar-refractivity contribution is -0.127.